The number of ether oxygens (including phenoxy) is 1. The van der Waals surface area contributed by atoms with E-state index < -0.39 is 0 Å². The molecular formula is C14H16BrN3O. The van der Waals surface area contributed by atoms with E-state index in [1.54, 1.807) is 13.3 Å². The lowest BCUT2D eigenvalue weighted by Crippen LogP contribution is -2.05. The van der Waals surface area contributed by atoms with Crippen LogP contribution in [-0.4, -0.2) is 17.1 Å². The van der Waals surface area contributed by atoms with Gasteiger partial charge in [0.1, 0.15) is 11.6 Å². The molecule has 2 aromatic rings. The molecule has 19 heavy (non-hydrogen) atoms. The molecular weight excluding hydrogens is 306 g/mol. The summed E-state index contributed by atoms with van der Waals surface area (Å²) in [6.07, 6.45) is 1.77. The van der Waals surface area contributed by atoms with Crippen LogP contribution < -0.4 is 10.1 Å². The summed E-state index contributed by atoms with van der Waals surface area (Å²) in [7, 11) is 1.66. The summed E-state index contributed by atoms with van der Waals surface area (Å²) in [4.78, 5) is 8.72. The monoisotopic (exact) mass is 321 g/mol. The van der Waals surface area contributed by atoms with Gasteiger partial charge in [0.05, 0.1) is 23.0 Å². The van der Waals surface area contributed by atoms with Crippen molar-refractivity contribution in [3.63, 3.8) is 0 Å². The van der Waals surface area contributed by atoms with Crippen molar-refractivity contribution < 1.29 is 4.74 Å². The van der Waals surface area contributed by atoms with Crippen molar-refractivity contribution in [2.75, 3.05) is 12.4 Å². The first-order valence-corrected chi connectivity index (χ1v) is 6.76. The molecule has 0 unspecified atom stereocenters. The van der Waals surface area contributed by atoms with Crippen LogP contribution >= 0.6 is 15.9 Å². The zero-order chi connectivity index (χ0) is 13.8. The molecule has 0 fully saturated rings. The third kappa shape index (κ3) is 3.44. The van der Waals surface area contributed by atoms with Gasteiger partial charge in [0.15, 0.2) is 0 Å². The zero-order valence-corrected chi connectivity index (χ0v) is 12.8. The molecule has 2 rings (SSSR count). The Bertz CT molecular complexity index is 587. The Morgan fingerprint density at radius 2 is 2.11 bits per heavy atom. The number of nitrogens with zero attached hydrogens (tertiary/aromatic N) is 2. The van der Waals surface area contributed by atoms with E-state index in [4.69, 9.17) is 4.74 Å². The predicted octanol–water partition coefficient (Wildman–Crippen LogP) is 3.48. The van der Waals surface area contributed by atoms with Crippen molar-refractivity contribution in [3.8, 4) is 5.75 Å². The van der Waals surface area contributed by atoms with Crippen molar-refractivity contribution in [1.82, 2.24) is 9.97 Å². The Hall–Kier alpha value is -1.62. The molecule has 1 aromatic heterocycles. The van der Waals surface area contributed by atoms with Crippen molar-refractivity contribution >= 4 is 21.7 Å². The molecule has 0 aliphatic heterocycles. The lowest BCUT2D eigenvalue weighted by atomic mass is 10.2. The molecule has 1 N–H and O–H groups in total. The SMILES string of the molecule is COc1ccc(CNc2nc(C)cnc2C)cc1Br. The molecule has 100 valence electrons. The molecule has 0 aliphatic carbocycles. The minimum absolute atomic E-state index is 0.696. The van der Waals surface area contributed by atoms with Crippen LogP contribution in [0.3, 0.4) is 0 Å². The van der Waals surface area contributed by atoms with Gasteiger partial charge in [-0.25, -0.2) is 4.98 Å². The van der Waals surface area contributed by atoms with Crippen molar-refractivity contribution in [3.05, 3.63) is 45.8 Å². The number of benzene rings is 1. The van der Waals surface area contributed by atoms with Crippen molar-refractivity contribution in [2.45, 2.75) is 20.4 Å². The van der Waals surface area contributed by atoms with E-state index in [-0.39, 0.29) is 0 Å². The van der Waals surface area contributed by atoms with Gasteiger partial charge in [0.2, 0.25) is 0 Å². The summed E-state index contributed by atoms with van der Waals surface area (Å²) >= 11 is 3.48. The molecule has 0 amide bonds. The smallest absolute Gasteiger partial charge is 0.148 e. The van der Waals surface area contributed by atoms with Crippen LogP contribution in [0.15, 0.2) is 28.9 Å². The molecule has 1 aromatic carbocycles. The Balaban J connectivity index is 2.10. The standard InChI is InChI=1S/C14H16BrN3O/c1-9-7-16-10(2)14(18-9)17-8-11-4-5-13(19-3)12(15)6-11/h4-7H,8H2,1-3H3,(H,17,18). The first kappa shape index (κ1) is 13.8. The first-order valence-electron chi connectivity index (χ1n) is 5.96. The van der Waals surface area contributed by atoms with Gasteiger partial charge in [-0.05, 0) is 47.5 Å². The van der Waals surface area contributed by atoms with E-state index in [9.17, 15) is 0 Å². The summed E-state index contributed by atoms with van der Waals surface area (Å²) in [6, 6.07) is 6.00. The predicted molar refractivity (Wildman–Crippen MR) is 79.5 cm³/mol. The number of aromatic nitrogens is 2. The van der Waals surface area contributed by atoms with Gasteiger partial charge < -0.3 is 10.1 Å². The van der Waals surface area contributed by atoms with Crippen LogP contribution in [0.2, 0.25) is 0 Å². The summed E-state index contributed by atoms with van der Waals surface area (Å²) < 4.78 is 6.15. The van der Waals surface area contributed by atoms with Crippen LogP contribution in [0, 0.1) is 13.8 Å². The second-order valence-electron chi connectivity index (χ2n) is 4.27. The average Bonchev–Trinajstić information content (AvgIpc) is 2.40. The molecule has 0 bridgehead atoms. The molecule has 0 spiro atoms. The Kier molecular flexibility index (Phi) is 4.37. The van der Waals surface area contributed by atoms with E-state index in [0.717, 1.165) is 33.0 Å². The normalized spacial score (nSPS) is 10.3. The molecule has 0 aliphatic rings. The summed E-state index contributed by atoms with van der Waals surface area (Å²) in [5.74, 6) is 1.65. The lowest BCUT2D eigenvalue weighted by molar-refractivity contribution is 0.412. The van der Waals surface area contributed by atoms with Gasteiger partial charge in [-0.2, -0.15) is 0 Å². The lowest BCUT2D eigenvalue weighted by Gasteiger charge is -2.10. The van der Waals surface area contributed by atoms with Crippen LogP contribution in [0.1, 0.15) is 17.0 Å². The second kappa shape index (κ2) is 6.02. The molecule has 0 atom stereocenters. The molecule has 0 radical (unpaired) electrons. The second-order valence-corrected chi connectivity index (χ2v) is 5.12. The third-order valence-corrected chi connectivity index (χ3v) is 3.37. The molecule has 5 heteroatoms. The highest BCUT2D eigenvalue weighted by Crippen LogP contribution is 2.25. The number of hydrogen-bond acceptors (Lipinski definition) is 4. The van der Waals surface area contributed by atoms with Gasteiger partial charge in [-0.1, -0.05) is 6.07 Å². The average molecular weight is 322 g/mol. The summed E-state index contributed by atoms with van der Waals surface area (Å²) in [5.41, 5.74) is 2.96. The maximum Gasteiger partial charge on any atom is 0.148 e. The topological polar surface area (TPSA) is 47.0 Å². The summed E-state index contributed by atoms with van der Waals surface area (Å²) in [6.45, 7) is 4.57. The zero-order valence-electron chi connectivity index (χ0n) is 11.2. The summed E-state index contributed by atoms with van der Waals surface area (Å²) in [5, 5.41) is 3.30. The fourth-order valence-corrected chi connectivity index (χ4v) is 2.30. The van der Waals surface area contributed by atoms with E-state index >= 15 is 0 Å². The number of nitrogens with one attached hydrogen (secondary N) is 1. The van der Waals surface area contributed by atoms with Gasteiger partial charge in [0, 0.05) is 12.7 Å². The largest absolute Gasteiger partial charge is 0.496 e. The van der Waals surface area contributed by atoms with Gasteiger partial charge in [0.25, 0.3) is 0 Å². The quantitative estimate of drug-likeness (QED) is 0.936. The Morgan fingerprint density at radius 1 is 1.32 bits per heavy atom. The van der Waals surface area contributed by atoms with Crippen molar-refractivity contribution in [1.29, 1.82) is 0 Å². The van der Waals surface area contributed by atoms with Gasteiger partial charge >= 0.3 is 0 Å². The first-order chi connectivity index (χ1) is 9.10. The Labute approximate surface area is 121 Å². The highest BCUT2D eigenvalue weighted by atomic mass is 79.9. The van der Waals surface area contributed by atoms with Crippen molar-refractivity contribution in [2.24, 2.45) is 0 Å². The van der Waals surface area contributed by atoms with Crippen LogP contribution in [-0.2, 0) is 6.54 Å². The maximum absolute atomic E-state index is 5.21. The highest BCUT2D eigenvalue weighted by Gasteiger charge is 2.04. The van der Waals surface area contributed by atoms with E-state index in [1.165, 1.54) is 0 Å². The number of anilines is 1. The number of methoxy groups -OCH3 is 1. The van der Waals surface area contributed by atoms with Gasteiger partial charge in [-0.15, -0.1) is 0 Å². The Morgan fingerprint density at radius 3 is 2.79 bits per heavy atom. The number of rotatable bonds is 4. The van der Waals surface area contributed by atoms with E-state index in [0.29, 0.717) is 6.54 Å². The van der Waals surface area contributed by atoms with E-state index in [1.807, 2.05) is 32.0 Å². The number of halogens is 1. The maximum atomic E-state index is 5.21. The minimum atomic E-state index is 0.696. The highest BCUT2D eigenvalue weighted by molar-refractivity contribution is 9.10. The molecule has 1 heterocycles. The van der Waals surface area contributed by atoms with Crippen LogP contribution in [0.5, 0.6) is 5.75 Å². The van der Waals surface area contributed by atoms with Crippen LogP contribution in [0.25, 0.3) is 0 Å². The molecule has 0 saturated heterocycles. The minimum Gasteiger partial charge on any atom is -0.496 e. The van der Waals surface area contributed by atoms with Gasteiger partial charge in [-0.3, -0.25) is 4.98 Å². The number of hydrogen-bond donors (Lipinski definition) is 1. The van der Waals surface area contributed by atoms with E-state index in [2.05, 4.69) is 31.2 Å². The fraction of sp³-hybridized carbons (Fsp3) is 0.286. The number of aryl methyl sites for hydroxylation is 2. The van der Waals surface area contributed by atoms with Crippen LogP contribution in [0.4, 0.5) is 5.82 Å². The fourth-order valence-electron chi connectivity index (χ4n) is 1.71. The third-order valence-electron chi connectivity index (χ3n) is 2.75. The molecule has 0 saturated carbocycles. The molecule has 4 nitrogen and oxygen atoms in total.